The van der Waals surface area contributed by atoms with Crippen LogP contribution in [-0.4, -0.2) is 34.7 Å². The van der Waals surface area contributed by atoms with Gasteiger partial charge in [-0.05, 0) is 36.2 Å². The fourth-order valence-corrected chi connectivity index (χ4v) is 2.66. The minimum atomic E-state index is 0. The normalized spacial score (nSPS) is 10.9. The number of methoxy groups -OCH3 is 1. The third-order valence-electron chi connectivity index (χ3n) is 4.16. The fraction of sp³-hybridized carbons (Fsp3) is 0.250. The molecule has 3 rings (SSSR count). The maximum absolute atomic E-state index is 5.25. The average Bonchev–Trinajstić information content (AvgIpc) is 3.14. The molecule has 0 aliphatic carbocycles. The van der Waals surface area contributed by atoms with Crippen molar-refractivity contribution in [3.63, 3.8) is 0 Å². The number of benzene rings is 1. The number of nitrogens with one attached hydrogen (secondary N) is 2. The summed E-state index contributed by atoms with van der Waals surface area (Å²) in [6, 6.07) is 12.0. The van der Waals surface area contributed by atoms with Gasteiger partial charge in [0.05, 0.1) is 7.11 Å². The molecule has 0 aliphatic rings. The maximum Gasteiger partial charge on any atom is 0.191 e. The molecule has 148 valence electrons. The van der Waals surface area contributed by atoms with E-state index in [1.807, 2.05) is 60.3 Å². The van der Waals surface area contributed by atoms with E-state index in [1.165, 1.54) is 0 Å². The van der Waals surface area contributed by atoms with Crippen molar-refractivity contribution < 1.29 is 4.74 Å². The molecule has 8 heteroatoms. The van der Waals surface area contributed by atoms with E-state index in [-0.39, 0.29) is 24.0 Å². The molecular formula is C20H25IN6O. The number of halogens is 1. The van der Waals surface area contributed by atoms with Gasteiger partial charge < -0.3 is 15.4 Å². The summed E-state index contributed by atoms with van der Waals surface area (Å²) in [6.45, 7) is 3.25. The van der Waals surface area contributed by atoms with Crippen LogP contribution in [0.2, 0.25) is 0 Å². The molecule has 0 unspecified atom stereocenters. The lowest BCUT2D eigenvalue weighted by molar-refractivity contribution is 0.414. The van der Waals surface area contributed by atoms with E-state index in [9.17, 15) is 0 Å². The van der Waals surface area contributed by atoms with Crippen molar-refractivity contribution >= 4 is 29.9 Å². The highest BCUT2D eigenvalue weighted by Gasteiger charge is 2.03. The minimum Gasteiger partial charge on any atom is -0.497 e. The van der Waals surface area contributed by atoms with Gasteiger partial charge >= 0.3 is 0 Å². The molecule has 0 aliphatic heterocycles. The third-order valence-corrected chi connectivity index (χ3v) is 4.16. The molecule has 2 N–H and O–H groups in total. The van der Waals surface area contributed by atoms with Gasteiger partial charge in [0.25, 0.3) is 0 Å². The van der Waals surface area contributed by atoms with Gasteiger partial charge in [-0.25, -0.2) is 9.97 Å². The summed E-state index contributed by atoms with van der Waals surface area (Å²) in [7, 11) is 3.42. The zero-order chi connectivity index (χ0) is 19.1. The van der Waals surface area contributed by atoms with Crippen LogP contribution in [0, 0.1) is 6.92 Å². The average molecular weight is 492 g/mol. The first kappa shape index (κ1) is 21.7. The van der Waals surface area contributed by atoms with Crippen molar-refractivity contribution in [2.75, 3.05) is 14.2 Å². The van der Waals surface area contributed by atoms with E-state index >= 15 is 0 Å². The number of imidazole rings is 1. The highest BCUT2D eigenvalue weighted by atomic mass is 127. The molecule has 3 aromatic rings. The molecule has 2 heterocycles. The molecule has 7 nitrogen and oxygen atoms in total. The molecule has 0 fully saturated rings. The Bertz CT molecular complexity index is 907. The Morgan fingerprint density at radius 1 is 1.11 bits per heavy atom. The first-order valence-corrected chi connectivity index (χ1v) is 8.72. The number of nitrogens with zero attached hydrogens (tertiary/aromatic N) is 4. The van der Waals surface area contributed by atoms with E-state index in [4.69, 9.17) is 4.74 Å². The predicted molar refractivity (Wildman–Crippen MR) is 122 cm³/mol. The van der Waals surface area contributed by atoms with Gasteiger partial charge in [0.2, 0.25) is 0 Å². The van der Waals surface area contributed by atoms with Gasteiger partial charge in [-0.2, -0.15) is 0 Å². The number of aliphatic imine (C=N–C) groups is 1. The largest absolute Gasteiger partial charge is 0.497 e. The van der Waals surface area contributed by atoms with Gasteiger partial charge in [0.15, 0.2) is 5.96 Å². The highest BCUT2D eigenvalue weighted by molar-refractivity contribution is 14.0. The van der Waals surface area contributed by atoms with Crippen LogP contribution in [0.5, 0.6) is 5.75 Å². The lowest BCUT2D eigenvalue weighted by atomic mass is 10.2. The van der Waals surface area contributed by atoms with Crippen LogP contribution < -0.4 is 15.4 Å². The van der Waals surface area contributed by atoms with E-state index < -0.39 is 0 Å². The standard InChI is InChI=1S/C20H24N6O.HI/c1-15-22-9-10-26(15)19-8-7-17(13-23-19)14-25-20(21-2)24-12-16-5-4-6-18(11-16)27-3;/h4-11,13H,12,14H2,1-3H3,(H2,21,24,25);1H. The number of guanidine groups is 1. The number of ether oxygens (including phenoxy) is 1. The maximum atomic E-state index is 5.25. The topological polar surface area (TPSA) is 76.4 Å². The molecule has 28 heavy (non-hydrogen) atoms. The molecule has 0 bridgehead atoms. The monoisotopic (exact) mass is 492 g/mol. The number of aromatic nitrogens is 3. The number of rotatable bonds is 6. The van der Waals surface area contributed by atoms with Crippen LogP contribution in [0.25, 0.3) is 5.82 Å². The summed E-state index contributed by atoms with van der Waals surface area (Å²) < 4.78 is 7.20. The van der Waals surface area contributed by atoms with Crippen LogP contribution in [0.4, 0.5) is 0 Å². The number of pyridine rings is 1. The highest BCUT2D eigenvalue weighted by Crippen LogP contribution is 2.12. The Morgan fingerprint density at radius 3 is 2.50 bits per heavy atom. The van der Waals surface area contributed by atoms with Crippen molar-refractivity contribution in [3.05, 3.63) is 71.9 Å². The molecule has 0 saturated heterocycles. The number of hydrogen-bond acceptors (Lipinski definition) is 4. The first-order valence-electron chi connectivity index (χ1n) is 8.72. The molecule has 0 spiro atoms. The van der Waals surface area contributed by atoms with Crippen LogP contribution >= 0.6 is 24.0 Å². The molecule has 1 aromatic carbocycles. The van der Waals surface area contributed by atoms with Crippen molar-refractivity contribution in [2.24, 2.45) is 4.99 Å². The summed E-state index contributed by atoms with van der Waals surface area (Å²) in [5, 5.41) is 6.60. The Balaban J connectivity index is 0.00000280. The van der Waals surface area contributed by atoms with E-state index in [2.05, 4.69) is 25.6 Å². The second-order valence-corrected chi connectivity index (χ2v) is 6.00. The minimum absolute atomic E-state index is 0. The molecule has 0 saturated carbocycles. The van der Waals surface area contributed by atoms with Gasteiger partial charge in [-0.3, -0.25) is 9.56 Å². The Kier molecular flexibility index (Phi) is 8.24. The Labute approximate surface area is 182 Å². The third kappa shape index (κ3) is 5.69. The second-order valence-electron chi connectivity index (χ2n) is 6.00. The molecule has 0 atom stereocenters. The molecule has 0 radical (unpaired) electrons. The van der Waals surface area contributed by atoms with E-state index in [1.54, 1.807) is 20.4 Å². The first-order chi connectivity index (χ1) is 13.2. The smallest absolute Gasteiger partial charge is 0.191 e. The lowest BCUT2D eigenvalue weighted by Crippen LogP contribution is -2.36. The predicted octanol–water partition coefficient (Wildman–Crippen LogP) is 3.07. The van der Waals surface area contributed by atoms with Gasteiger partial charge in [0, 0.05) is 38.7 Å². The molecule has 0 amide bonds. The summed E-state index contributed by atoms with van der Waals surface area (Å²) >= 11 is 0. The SMILES string of the molecule is CN=C(NCc1ccc(-n2ccnc2C)nc1)NCc1cccc(OC)c1.I. The van der Waals surface area contributed by atoms with E-state index in [0.717, 1.165) is 34.5 Å². The summed E-state index contributed by atoms with van der Waals surface area (Å²) in [4.78, 5) is 13.0. The van der Waals surface area contributed by atoms with Crippen molar-refractivity contribution in [3.8, 4) is 11.6 Å². The van der Waals surface area contributed by atoms with Crippen LogP contribution in [0.1, 0.15) is 17.0 Å². The number of hydrogen-bond donors (Lipinski definition) is 2. The lowest BCUT2D eigenvalue weighted by Gasteiger charge is -2.13. The van der Waals surface area contributed by atoms with Gasteiger partial charge in [-0.15, -0.1) is 24.0 Å². The van der Waals surface area contributed by atoms with Crippen LogP contribution in [0.3, 0.4) is 0 Å². The van der Waals surface area contributed by atoms with Gasteiger partial charge in [0.1, 0.15) is 17.4 Å². The summed E-state index contributed by atoms with van der Waals surface area (Å²) in [5.74, 6) is 3.34. The molecule has 2 aromatic heterocycles. The van der Waals surface area contributed by atoms with Gasteiger partial charge in [-0.1, -0.05) is 18.2 Å². The molecular weight excluding hydrogens is 467 g/mol. The zero-order valence-corrected chi connectivity index (χ0v) is 18.5. The van der Waals surface area contributed by atoms with Crippen molar-refractivity contribution in [1.82, 2.24) is 25.2 Å². The summed E-state index contributed by atoms with van der Waals surface area (Å²) in [6.07, 6.45) is 5.53. The van der Waals surface area contributed by atoms with E-state index in [0.29, 0.717) is 13.1 Å². The number of aryl methyl sites for hydroxylation is 1. The quantitative estimate of drug-likeness (QED) is 0.314. The van der Waals surface area contributed by atoms with Crippen LogP contribution in [-0.2, 0) is 13.1 Å². The van der Waals surface area contributed by atoms with Crippen molar-refractivity contribution in [2.45, 2.75) is 20.0 Å². The second kappa shape index (κ2) is 10.6. The fourth-order valence-electron chi connectivity index (χ4n) is 2.66. The summed E-state index contributed by atoms with van der Waals surface area (Å²) in [5.41, 5.74) is 2.19. The Hall–Kier alpha value is -2.62. The Morgan fingerprint density at radius 2 is 1.89 bits per heavy atom. The van der Waals surface area contributed by atoms with Crippen molar-refractivity contribution in [1.29, 1.82) is 0 Å². The van der Waals surface area contributed by atoms with Crippen LogP contribution in [0.15, 0.2) is 60.0 Å². The zero-order valence-electron chi connectivity index (χ0n) is 16.2.